The summed E-state index contributed by atoms with van der Waals surface area (Å²) >= 11 is 12.0. The fraction of sp³-hybridized carbons (Fsp3) is 0.143. The number of benzene rings is 2. The summed E-state index contributed by atoms with van der Waals surface area (Å²) in [6.07, 6.45) is 1.68. The molecule has 30 heavy (non-hydrogen) atoms. The standard InChI is InChI=1S/C21H18Cl2FN3O3/c1-29-14-4-2-12(3-5-14)21(28)27-13-10-18(20(25)26-11-13)30-9-8-15-16(22)6-7-17(24)19(15)23/h2-7,10-11H,8-9H2,1H3,(H2,25,26)(H,27,28). The van der Waals surface area contributed by atoms with E-state index in [4.69, 9.17) is 38.4 Å². The lowest BCUT2D eigenvalue weighted by Crippen LogP contribution is -2.13. The van der Waals surface area contributed by atoms with Crippen LogP contribution in [-0.4, -0.2) is 24.6 Å². The Kier molecular flexibility index (Phi) is 6.97. The highest BCUT2D eigenvalue weighted by molar-refractivity contribution is 6.36. The number of carbonyl (C=O) groups excluding carboxylic acids is 1. The van der Waals surface area contributed by atoms with Gasteiger partial charge in [0, 0.05) is 23.1 Å². The summed E-state index contributed by atoms with van der Waals surface area (Å²) in [5.41, 5.74) is 7.14. The summed E-state index contributed by atoms with van der Waals surface area (Å²) < 4.78 is 24.4. The van der Waals surface area contributed by atoms with Crippen LogP contribution in [0.1, 0.15) is 15.9 Å². The van der Waals surface area contributed by atoms with Crippen LogP contribution in [0.4, 0.5) is 15.9 Å². The number of hydrogen-bond acceptors (Lipinski definition) is 5. The fourth-order valence-corrected chi connectivity index (χ4v) is 3.21. The summed E-state index contributed by atoms with van der Waals surface area (Å²) in [4.78, 5) is 16.4. The van der Waals surface area contributed by atoms with Gasteiger partial charge in [-0.3, -0.25) is 4.79 Å². The van der Waals surface area contributed by atoms with Gasteiger partial charge in [0.1, 0.15) is 11.6 Å². The Balaban J connectivity index is 1.66. The van der Waals surface area contributed by atoms with Crippen molar-refractivity contribution < 1.29 is 18.7 Å². The van der Waals surface area contributed by atoms with Gasteiger partial charge in [0.2, 0.25) is 0 Å². The number of hydrogen-bond donors (Lipinski definition) is 2. The van der Waals surface area contributed by atoms with Gasteiger partial charge in [0.05, 0.1) is 30.6 Å². The van der Waals surface area contributed by atoms with Crippen LogP contribution in [0.2, 0.25) is 10.0 Å². The number of nitrogen functional groups attached to an aromatic ring is 1. The monoisotopic (exact) mass is 449 g/mol. The summed E-state index contributed by atoms with van der Waals surface area (Å²) in [6.45, 7) is 0.130. The maximum atomic E-state index is 13.6. The maximum absolute atomic E-state index is 13.6. The normalized spacial score (nSPS) is 10.5. The van der Waals surface area contributed by atoms with E-state index in [0.29, 0.717) is 27.6 Å². The molecule has 9 heteroatoms. The Morgan fingerprint density at radius 1 is 1.20 bits per heavy atom. The zero-order valence-corrected chi connectivity index (χ0v) is 17.4. The molecule has 3 aromatic rings. The van der Waals surface area contributed by atoms with Gasteiger partial charge in [-0.15, -0.1) is 0 Å². The van der Waals surface area contributed by atoms with Gasteiger partial charge in [0.15, 0.2) is 11.6 Å². The summed E-state index contributed by atoms with van der Waals surface area (Å²) in [6, 6.07) is 10.8. The molecule has 0 saturated carbocycles. The fourth-order valence-electron chi connectivity index (χ4n) is 2.65. The largest absolute Gasteiger partial charge is 0.497 e. The van der Waals surface area contributed by atoms with Crippen LogP contribution >= 0.6 is 23.2 Å². The summed E-state index contributed by atoms with van der Waals surface area (Å²) in [5, 5.41) is 3.03. The minimum absolute atomic E-state index is 0.0438. The number of nitrogens with zero attached hydrogens (tertiary/aromatic N) is 1. The SMILES string of the molecule is COc1ccc(C(=O)Nc2cnc(N)c(OCCc3c(Cl)ccc(F)c3Cl)c2)cc1. The van der Waals surface area contributed by atoms with Gasteiger partial charge in [-0.25, -0.2) is 9.37 Å². The van der Waals surface area contributed by atoms with Crippen LogP contribution < -0.4 is 20.5 Å². The van der Waals surface area contributed by atoms with Crippen LogP contribution in [0, 0.1) is 5.82 Å². The minimum Gasteiger partial charge on any atom is -0.497 e. The number of nitrogens with one attached hydrogen (secondary N) is 1. The molecule has 156 valence electrons. The number of aromatic nitrogens is 1. The third-order valence-electron chi connectivity index (χ3n) is 4.24. The highest BCUT2D eigenvalue weighted by Gasteiger charge is 2.13. The number of amides is 1. The maximum Gasteiger partial charge on any atom is 0.255 e. The molecular formula is C21H18Cl2FN3O3. The van der Waals surface area contributed by atoms with Crippen molar-refractivity contribution in [2.75, 3.05) is 24.8 Å². The first-order chi connectivity index (χ1) is 14.4. The minimum atomic E-state index is -0.555. The number of methoxy groups -OCH3 is 1. The average molecular weight is 450 g/mol. The molecule has 2 aromatic carbocycles. The summed E-state index contributed by atoms with van der Waals surface area (Å²) in [7, 11) is 1.55. The second-order valence-corrected chi connectivity index (χ2v) is 7.00. The molecule has 0 aliphatic rings. The molecule has 1 aromatic heterocycles. The van der Waals surface area contributed by atoms with Gasteiger partial charge in [-0.1, -0.05) is 23.2 Å². The van der Waals surface area contributed by atoms with Crippen molar-refractivity contribution in [2.45, 2.75) is 6.42 Å². The molecule has 6 nitrogen and oxygen atoms in total. The first kappa shape index (κ1) is 21.7. The van der Waals surface area contributed by atoms with E-state index >= 15 is 0 Å². The lowest BCUT2D eigenvalue weighted by atomic mass is 10.1. The number of carbonyl (C=O) groups is 1. The van der Waals surface area contributed by atoms with Crippen molar-refractivity contribution in [1.82, 2.24) is 4.98 Å². The highest BCUT2D eigenvalue weighted by atomic mass is 35.5. The molecule has 0 aliphatic carbocycles. The number of anilines is 2. The molecule has 0 radical (unpaired) electrons. The van der Waals surface area contributed by atoms with Gasteiger partial charge in [-0.2, -0.15) is 0 Å². The molecule has 3 rings (SSSR count). The topological polar surface area (TPSA) is 86.5 Å². The quantitative estimate of drug-likeness (QED) is 0.496. The Hall–Kier alpha value is -3.03. The van der Waals surface area contributed by atoms with Crippen molar-refractivity contribution in [1.29, 1.82) is 0 Å². The van der Waals surface area contributed by atoms with Gasteiger partial charge in [0.25, 0.3) is 5.91 Å². The van der Waals surface area contributed by atoms with E-state index in [1.165, 1.54) is 18.3 Å². The lowest BCUT2D eigenvalue weighted by Gasteiger charge is -2.12. The highest BCUT2D eigenvalue weighted by Crippen LogP contribution is 2.29. The Morgan fingerprint density at radius 2 is 1.93 bits per heavy atom. The second-order valence-electron chi connectivity index (χ2n) is 6.21. The smallest absolute Gasteiger partial charge is 0.255 e. The zero-order chi connectivity index (χ0) is 21.7. The Morgan fingerprint density at radius 3 is 2.63 bits per heavy atom. The third-order valence-corrected chi connectivity index (χ3v) is 5.00. The number of pyridine rings is 1. The molecule has 0 saturated heterocycles. The molecule has 1 heterocycles. The van der Waals surface area contributed by atoms with Gasteiger partial charge < -0.3 is 20.5 Å². The van der Waals surface area contributed by atoms with E-state index in [0.717, 1.165) is 0 Å². The van der Waals surface area contributed by atoms with E-state index in [2.05, 4.69) is 10.3 Å². The number of ether oxygens (including phenoxy) is 2. The van der Waals surface area contributed by atoms with Crippen molar-refractivity contribution in [3.63, 3.8) is 0 Å². The molecule has 0 unspecified atom stereocenters. The first-order valence-corrected chi connectivity index (χ1v) is 9.60. The van der Waals surface area contributed by atoms with E-state index in [-0.39, 0.29) is 35.5 Å². The number of nitrogens with two attached hydrogens (primary N) is 1. The molecule has 0 atom stereocenters. The van der Waals surface area contributed by atoms with E-state index in [1.807, 2.05) is 0 Å². The van der Waals surface area contributed by atoms with E-state index in [1.54, 1.807) is 37.4 Å². The average Bonchev–Trinajstić information content (AvgIpc) is 2.75. The van der Waals surface area contributed by atoms with Crippen molar-refractivity contribution >= 4 is 40.6 Å². The van der Waals surface area contributed by atoms with Crippen molar-refractivity contribution in [2.24, 2.45) is 0 Å². The molecule has 3 N–H and O–H groups in total. The van der Waals surface area contributed by atoms with E-state index in [9.17, 15) is 9.18 Å². The molecule has 1 amide bonds. The van der Waals surface area contributed by atoms with Crippen LogP contribution in [0.5, 0.6) is 11.5 Å². The molecule has 0 aliphatic heterocycles. The second kappa shape index (κ2) is 9.65. The third kappa shape index (κ3) is 5.11. The molecule has 0 fully saturated rings. The van der Waals surface area contributed by atoms with Gasteiger partial charge >= 0.3 is 0 Å². The van der Waals surface area contributed by atoms with Crippen LogP contribution in [0.15, 0.2) is 48.7 Å². The molecular weight excluding hydrogens is 432 g/mol. The number of halogens is 3. The van der Waals surface area contributed by atoms with Crippen LogP contribution in [-0.2, 0) is 6.42 Å². The van der Waals surface area contributed by atoms with Crippen LogP contribution in [0.25, 0.3) is 0 Å². The van der Waals surface area contributed by atoms with E-state index < -0.39 is 5.82 Å². The first-order valence-electron chi connectivity index (χ1n) is 8.85. The van der Waals surface area contributed by atoms with Crippen molar-refractivity contribution in [3.8, 4) is 11.5 Å². The predicted octanol–water partition coefficient (Wildman–Crippen LogP) is 4.99. The lowest BCUT2D eigenvalue weighted by molar-refractivity contribution is 0.102. The number of rotatable bonds is 7. The Labute approximate surface area is 182 Å². The predicted molar refractivity (Wildman–Crippen MR) is 115 cm³/mol. The van der Waals surface area contributed by atoms with Crippen molar-refractivity contribution in [3.05, 3.63) is 75.7 Å². The Bertz CT molecular complexity index is 1060. The van der Waals surface area contributed by atoms with Gasteiger partial charge in [-0.05, 0) is 42.0 Å². The zero-order valence-electron chi connectivity index (χ0n) is 15.9. The molecule has 0 bridgehead atoms. The van der Waals surface area contributed by atoms with Crippen LogP contribution in [0.3, 0.4) is 0 Å². The summed E-state index contributed by atoms with van der Waals surface area (Å²) in [5.74, 6) is 0.184. The molecule has 0 spiro atoms.